The monoisotopic (exact) mass is 261 g/mol. The number of benzene rings is 1. The summed E-state index contributed by atoms with van der Waals surface area (Å²) < 4.78 is 5.53. The molecule has 6 heteroatoms. The predicted molar refractivity (Wildman–Crippen MR) is 71.1 cm³/mol. The number of nitro groups is 1. The van der Waals surface area contributed by atoms with Gasteiger partial charge in [-0.25, -0.2) is 0 Å². The van der Waals surface area contributed by atoms with Crippen LogP contribution in [0.1, 0.15) is 26.2 Å². The normalized spacial score (nSPS) is 16.5. The number of non-ortho nitro benzene ring substituents is 1. The zero-order valence-corrected chi connectivity index (χ0v) is 10.6. The summed E-state index contributed by atoms with van der Waals surface area (Å²) in [5.74, 6) is 0.827. The summed E-state index contributed by atoms with van der Waals surface area (Å²) >= 11 is 0. The molecule has 1 N–H and O–H groups in total. The first kappa shape index (κ1) is 12.0. The van der Waals surface area contributed by atoms with Crippen molar-refractivity contribution < 1.29 is 9.34 Å². The van der Waals surface area contributed by atoms with Crippen LogP contribution in [-0.4, -0.2) is 15.9 Å². The highest BCUT2D eigenvalue weighted by molar-refractivity contribution is 5.77. The number of oxazole rings is 1. The van der Waals surface area contributed by atoms with Crippen molar-refractivity contribution in [2.45, 2.75) is 32.2 Å². The molecule has 1 heterocycles. The Morgan fingerprint density at radius 2 is 2.37 bits per heavy atom. The van der Waals surface area contributed by atoms with Gasteiger partial charge in [-0.3, -0.25) is 10.1 Å². The zero-order valence-electron chi connectivity index (χ0n) is 10.6. The number of aromatic nitrogens is 1. The number of fused-ring (bicyclic) bond motifs is 1. The maximum Gasteiger partial charge on any atom is 0.295 e. The van der Waals surface area contributed by atoms with Crippen molar-refractivity contribution in [3.05, 3.63) is 28.3 Å². The fourth-order valence-corrected chi connectivity index (χ4v) is 2.21. The van der Waals surface area contributed by atoms with Crippen LogP contribution in [0.3, 0.4) is 0 Å². The van der Waals surface area contributed by atoms with Crippen LogP contribution in [0.4, 0.5) is 11.7 Å². The van der Waals surface area contributed by atoms with E-state index in [1.807, 2.05) is 0 Å². The van der Waals surface area contributed by atoms with Crippen molar-refractivity contribution in [1.82, 2.24) is 4.98 Å². The Morgan fingerprint density at radius 3 is 3.05 bits per heavy atom. The standard InChI is InChI=1S/C13H15N3O3/c1-8(6-9-2-3-9)14-13-15-11-7-10(16(17)18)4-5-12(11)19-13/h4-5,7-9H,2-3,6H2,1H3,(H,14,15). The number of nitrogens with zero attached hydrogens (tertiary/aromatic N) is 2. The molecule has 1 atom stereocenters. The van der Waals surface area contributed by atoms with Gasteiger partial charge in [-0.05, 0) is 25.3 Å². The molecule has 6 nitrogen and oxygen atoms in total. The highest BCUT2D eigenvalue weighted by Crippen LogP contribution is 2.34. The van der Waals surface area contributed by atoms with Gasteiger partial charge >= 0.3 is 0 Å². The van der Waals surface area contributed by atoms with Crippen LogP contribution < -0.4 is 5.32 Å². The minimum atomic E-state index is -0.434. The average Bonchev–Trinajstić information content (AvgIpc) is 3.06. The van der Waals surface area contributed by atoms with Gasteiger partial charge in [0.05, 0.1) is 4.92 Å². The maximum absolute atomic E-state index is 10.7. The lowest BCUT2D eigenvalue weighted by molar-refractivity contribution is -0.384. The average molecular weight is 261 g/mol. The van der Waals surface area contributed by atoms with Gasteiger partial charge in [0.25, 0.3) is 11.7 Å². The van der Waals surface area contributed by atoms with Crippen LogP contribution in [0.5, 0.6) is 0 Å². The SMILES string of the molecule is CC(CC1CC1)Nc1nc2cc([N+](=O)[O-])ccc2o1. The largest absolute Gasteiger partial charge is 0.424 e. The highest BCUT2D eigenvalue weighted by Gasteiger charge is 2.24. The van der Waals surface area contributed by atoms with Gasteiger partial charge in [0, 0.05) is 18.2 Å². The quantitative estimate of drug-likeness (QED) is 0.659. The summed E-state index contributed by atoms with van der Waals surface area (Å²) in [6.07, 6.45) is 3.73. The molecule has 0 amide bonds. The predicted octanol–water partition coefficient (Wildman–Crippen LogP) is 3.34. The van der Waals surface area contributed by atoms with Gasteiger partial charge in [0.1, 0.15) is 5.52 Å². The van der Waals surface area contributed by atoms with E-state index in [0.717, 1.165) is 12.3 Å². The molecule has 1 aliphatic rings. The van der Waals surface area contributed by atoms with Gasteiger partial charge in [-0.15, -0.1) is 0 Å². The van der Waals surface area contributed by atoms with Gasteiger partial charge in [0.15, 0.2) is 5.58 Å². The van der Waals surface area contributed by atoms with Crippen molar-refractivity contribution in [2.24, 2.45) is 5.92 Å². The first-order valence-electron chi connectivity index (χ1n) is 6.43. The minimum Gasteiger partial charge on any atom is -0.424 e. The Kier molecular flexibility index (Phi) is 2.85. The van der Waals surface area contributed by atoms with Crippen molar-refractivity contribution in [3.63, 3.8) is 0 Å². The molecular formula is C13H15N3O3. The lowest BCUT2D eigenvalue weighted by atomic mass is 10.2. The van der Waals surface area contributed by atoms with E-state index in [4.69, 9.17) is 4.42 Å². The molecule has 1 aromatic carbocycles. The van der Waals surface area contributed by atoms with Gasteiger partial charge in [0.2, 0.25) is 0 Å². The van der Waals surface area contributed by atoms with Gasteiger partial charge < -0.3 is 9.73 Å². The minimum absolute atomic E-state index is 0.0263. The van der Waals surface area contributed by atoms with Crippen LogP contribution in [0.15, 0.2) is 22.6 Å². The first-order valence-corrected chi connectivity index (χ1v) is 6.43. The number of rotatable bonds is 5. The molecule has 1 aromatic heterocycles. The third-order valence-electron chi connectivity index (χ3n) is 3.34. The summed E-state index contributed by atoms with van der Waals surface area (Å²) in [6.45, 7) is 2.09. The molecule has 3 rings (SSSR count). The second-order valence-electron chi connectivity index (χ2n) is 5.15. The van der Waals surface area contributed by atoms with Crippen LogP contribution in [0.25, 0.3) is 11.1 Å². The smallest absolute Gasteiger partial charge is 0.295 e. The number of nitro benzene ring substituents is 1. The molecule has 0 bridgehead atoms. The molecule has 2 aromatic rings. The molecule has 19 heavy (non-hydrogen) atoms. The van der Waals surface area contributed by atoms with E-state index in [1.165, 1.54) is 25.0 Å². The second kappa shape index (κ2) is 4.53. The molecule has 100 valence electrons. The molecule has 1 unspecified atom stereocenters. The van der Waals surface area contributed by atoms with E-state index in [9.17, 15) is 10.1 Å². The molecule has 1 fully saturated rings. The zero-order chi connectivity index (χ0) is 13.4. The lowest BCUT2D eigenvalue weighted by Gasteiger charge is -2.10. The molecule has 0 saturated heterocycles. The van der Waals surface area contributed by atoms with Crippen molar-refractivity contribution in [3.8, 4) is 0 Å². The third kappa shape index (κ3) is 2.67. The molecular weight excluding hydrogens is 246 g/mol. The Hall–Kier alpha value is -2.11. The Labute approximate surface area is 110 Å². The summed E-state index contributed by atoms with van der Waals surface area (Å²) in [5, 5.41) is 13.9. The van der Waals surface area contributed by atoms with Crippen LogP contribution in [0, 0.1) is 16.0 Å². The fraction of sp³-hybridized carbons (Fsp3) is 0.462. The van der Waals surface area contributed by atoms with E-state index in [1.54, 1.807) is 6.07 Å². The van der Waals surface area contributed by atoms with E-state index < -0.39 is 4.92 Å². The topological polar surface area (TPSA) is 81.2 Å². The summed E-state index contributed by atoms with van der Waals surface area (Å²) in [6, 6.07) is 5.16. The fourth-order valence-electron chi connectivity index (χ4n) is 2.21. The highest BCUT2D eigenvalue weighted by atomic mass is 16.6. The van der Waals surface area contributed by atoms with Crippen molar-refractivity contribution >= 4 is 22.8 Å². The van der Waals surface area contributed by atoms with Crippen molar-refractivity contribution in [2.75, 3.05) is 5.32 Å². The van der Waals surface area contributed by atoms with E-state index >= 15 is 0 Å². The third-order valence-corrected chi connectivity index (χ3v) is 3.34. The van der Waals surface area contributed by atoms with Crippen LogP contribution in [-0.2, 0) is 0 Å². The number of hydrogen-bond donors (Lipinski definition) is 1. The second-order valence-corrected chi connectivity index (χ2v) is 5.15. The Morgan fingerprint density at radius 1 is 1.58 bits per heavy atom. The molecule has 0 aliphatic heterocycles. The number of hydrogen-bond acceptors (Lipinski definition) is 5. The molecule has 0 radical (unpaired) electrons. The van der Waals surface area contributed by atoms with E-state index in [-0.39, 0.29) is 5.69 Å². The summed E-state index contributed by atoms with van der Waals surface area (Å²) in [5.41, 5.74) is 1.10. The first-order chi connectivity index (χ1) is 9.11. The Balaban J connectivity index is 1.78. The molecule has 1 aliphatic carbocycles. The van der Waals surface area contributed by atoms with Crippen LogP contribution >= 0.6 is 0 Å². The van der Waals surface area contributed by atoms with Gasteiger partial charge in [-0.1, -0.05) is 12.8 Å². The summed E-state index contributed by atoms with van der Waals surface area (Å²) in [7, 11) is 0. The van der Waals surface area contributed by atoms with Gasteiger partial charge in [-0.2, -0.15) is 4.98 Å². The van der Waals surface area contributed by atoms with Crippen molar-refractivity contribution in [1.29, 1.82) is 0 Å². The Bertz CT molecular complexity index is 619. The molecule has 0 spiro atoms. The maximum atomic E-state index is 10.7. The summed E-state index contributed by atoms with van der Waals surface area (Å²) in [4.78, 5) is 14.5. The van der Waals surface area contributed by atoms with E-state index in [2.05, 4.69) is 17.2 Å². The lowest BCUT2D eigenvalue weighted by Crippen LogP contribution is -2.15. The molecule has 1 saturated carbocycles. The number of anilines is 1. The van der Waals surface area contributed by atoms with E-state index in [0.29, 0.717) is 23.2 Å². The number of nitrogens with one attached hydrogen (secondary N) is 1. The van der Waals surface area contributed by atoms with Crippen LogP contribution in [0.2, 0.25) is 0 Å².